The molecule has 0 atom stereocenters. The van der Waals surface area contributed by atoms with Crippen LogP contribution in [0.1, 0.15) is 26.7 Å². The Morgan fingerprint density at radius 1 is 1.33 bits per heavy atom. The van der Waals surface area contributed by atoms with Crippen molar-refractivity contribution >= 4 is 23.0 Å². The SMILES string of the molecule is C=C(C(/C=C\CCl)=C/C)N(/N=C(\CC)CCNC)c1ccccc1. The Balaban J connectivity index is 3.21. The highest BCUT2D eigenvalue weighted by atomic mass is 35.5. The van der Waals surface area contributed by atoms with Gasteiger partial charge in [0.25, 0.3) is 0 Å². The van der Waals surface area contributed by atoms with Crippen molar-refractivity contribution in [3.8, 4) is 0 Å². The normalized spacial score (nSPS) is 12.7. The van der Waals surface area contributed by atoms with Crippen molar-refractivity contribution in [2.75, 3.05) is 24.5 Å². The van der Waals surface area contributed by atoms with E-state index in [2.05, 4.69) is 18.8 Å². The summed E-state index contributed by atoms with van der Waals surface area (Å²) < 4.78 is 0. The van der Waals surface area contributed by atoms with Gasteiger partial charge in [-0.1, -0.05) is 49.9 Å². The molecular formula is C20H28ClN3. The van der Waals surface area contributed by atoms with Gasteiger partial charge in [-0.15, -0.1) is 11.6 Å². The van der Waals surface area contributed by atoms with Gasteiger partial charge in [0.15, 0.2) is 0 Å². The molecule has 0 aromatic heterocycles. The molecule has 0 aliphatic rings. The van der Waals surface area contributed by atoms with E-state index in [1.807, 2.05) is 67.5 Å². The van der Waals surface area contributed by atoms with Crippen LogP contribution in [0.15, 0.2) is 71.5 Å². The van der Waals surface area contributed by atoms with E-state index in [0.717, 1.165) is 42.1 Å². The predicted octanol–water partition coefficient (Wildman–Crippen LogP) is 5.12. The van der Waals surface area contributed by atoms with Gasteiger partial charge in [0.05, 0.1) is 11.4 Å². The zero-order valence-electron chi connectivity index (χ0n) is 14.9. The van der Waals surface area contributed by atoms with Crippen LogP contribution in [0, 0.1) is 0 Å². The van der Waals surface area contributed by atoms with E-state index in [-0.39, 0.29) is 0 Å². The van der Waals surface area contributed by atoms with Gasteiger partial charge in [-0.2, -0.15) is 5.10 Å². The third-order valence-electron chi connectivity index (χ3n) is 3.60. The van der Waals surface area contributed by atoms with Crippen LogP contribution in [-0.4, -0.2) is 25.2 Å². The van der Waals surface area contributed by atoms with E-state index >= 15 is 0 Å². The summed E-state index contributed by atoms with van der Waals surface area (Å²) in [6.07, 6.45) is 7.74. The fraction of sp³-hybridized carbons (Fsp3) is 0.350. The van der Waals surface area contributed by atoms with Gasteiger partial charge in [-0.25, -0.2) is 5.01 Å². The first-order valence-electron chi connectivity index (χ1n) is 8.32. The molecule has 24 heavy (non-hydrogen) atoms. The largest absolute Gasteiger partial charge is 0.319 e. The maximum absolute atomic E-state index is 5.78. The number of halogens is 1. The summed E-state index contributed by atoms with van der Waals surface area (Å²) in [5.74, 6) is 0.474. The molecule has 0 radical (unpaired) electrons. The third kappa shape index (κ3) is 6.34. The molecule has 0 spiro atoms. The molecule has 0 unspecified atom stereocenters. The molecule has 1 aromatic carbocycles. The average molecular weight is 346 g/mol. The Morgan fingerprint density at radius 3 is 2.58 bits per heavy atom. The quantitative estimate of drug-likeness (QED) is 0.276. The molecule has 1 aromatic rings. The van der Waals surface area contributed by atoms with Gasteiger partial charge >= 0.3 is 0 Å². The number of hydrogen-bond acceptors (Lipinski definition) is 3. The molecule has 1 N–H and O–H groups in total. The number of rotatable bonds is 10. The number of hydrazone groups is 1. The summed E-state index contributed by atoms with van der Waals surface area (Å²) in [6, 6.07) is 10.1. The summed E-state index contributed by atoms with van der Waals surface area (Å²) in [4.78, 5) is 0. The van der Waals surface area contributed by atoms with Crippen molar-refractivity contribution in [3.05, 3.63) is 66.4 Å². The minimum atomic E-state index is 0.474. The highest BCUT2D eigenvalue weighted by Crippen LogP contribution is 2.24. The Hall–Kier alpha value is -1.84. The average Bonchev–Trinajstić information content (AvgIpc) is 2.63. The van der Waals surface area contributed by atoms with Crippen molar-refractivity contribution in [1.82, 2.24) is 5.32 Å². The van der Waals surface area contributed by atoms with E-state index in [1.165, 1.54) is 0 Å². The molecular weight excluding hydrogens is 318 g/mol. The summed E-state index contributed by atoms with van der Waals surface area (Å²) in [7, 11) is 1.95. The van der Waals surface area contributed by atoms with Gasteiger partial charge in [0.1, 0.15) is 0 Å². The van der Waals surface area contributed by atoms with Crippen LogP contribution in [0.25, 0.3) is 0 Å². The lowest BCUT2D eigenvalue weighted by Gasteiger charge is -2.24. The van der Waals surface area contributed by atoms with Gasteiger partial charge < -0.3 is 5.32 Å². The first-order valence-corrected chi connectivity index (χ1v) is 8.85. The van der Waals surface area contributed by atoms with Crippen molar-refractivity contribution in [2.45, 2.75) is 26.7 Å². The molecule has 0 aliphatic heterocycles. The van der Waals surface area contributed by atoms with Crippen molar-refractivity contribution in [1.29, 1.82) is 0 Å². The highest BCUT2D eigenvalue weighted by molar-refractivity contribution is 6.18. The van der Waals surface area contributed by atoms with E-state index in [4.69, 9.17) is 16.7 Å². The number of alkyl halides is 1. The van der Waals surface area contributed by atoms with Crippen molar-refractivity contribution in [3.63, 3.8) is 0 Å². The molecule has 0 saturated heterocycles. The molecule has 130 valence electrons. The molecule has 0 heterocycles. The van der Waals surface area contributed by atoms with Crippen LogP contribution >= 0.6 is 11.6 Å². The molecule has 1 rings (SSSR count). The van der Waals surface area contributed by atoms with Gasteiger partial charge in [0, 0.05) is 18.1 Å². The molecule has 0 amide bonds. The molecule has 0 aliphatic carbocycles. The van der Waals surface area contributed by atoms with Crippen LogP contribution in [0.5, 0.6) is 0 Å². The summed E-state index contributed by atoms with van der Waals surface area (Å²) in [5.41, 5.74) is 3.97. The molecule has 4 heteroatoms. The fourth-order valence-corrected chi connectivity index (χ4v) is 2.29. The standard InChI is InChI=1S/C20H28ClN3/c1-5-18(11-10-15-21)17(3)24(20-12-8-7-9-13-20)23-19(6-2)14-16-22-4/h5,7-13,22H,3,6,14-16H2,1-2,4H3/b11-10-,18-5+,23-19+. The van der Waals surface area contributed by atoms with Crippen molar-refractivity contribution in [2.24, 2.45) is 5.10 Å². The van der Waals surface area contributed by atoms with Crippen LogP contribution in [0.3, 0.4) is 0 Å². The van der Waals surface area contributed by atoms with Crippen LogP contribution < -0.4 is 10.3 Å². The molecule has 0 saturated carbocycles. The molecule has 0 bridgehead atoms. The van der Waals surface area contributed by atoms with E-state index in [0.29, 0.717) is 5.88 Å². The number of nitrogens with zero attached hydrogens (tertiary/aromatic N) is 2. The topological polar surface area (TPSA) is 27.6 Å². The zero-order chi connectivity index (χ0) is 17.8. The van der Waals surface area contributed by atoms with Crippen LogP contribution in [0.4, 0.5) is 5.69 Å². The summed E-state index contributed by atoms with van der Waals surface area (Å²) >= 11 is 5.78. The molecule has 3 nitrogen and oxygen atoms in total. The summed E-state index contributed by atoms with van der Waals surface area (Å²) in [5, 5.41) is 9.98. The van der Waals surface area contributed by atoms with Gasteiger partial charge in [-0.05, 0) is 44.5 Å². The predicted molar refractivity (Wildman–Crippen MR) is 108 cm³/mol. The van der Waals surface area contributed by atoms with Crippen LogP contribution in [0.2, 0.25) is 0 Å². The Kier molecular flexibility index (Phi) is 9.81. The number of para-hydroxylation sites is 1. The first-order chi connectivity index (χ1) is 11.7. The number of anilines is 1. The number of hydrogen-bond donors (Lipinski definition) is 1. The third-order valence-corrected chi connectivity index (χ3v) is 3.78. The second-order valence-electron chi connectivity index (χ2n) is 5.27. The van der Waals surface area contributed by atoms with Gasteiger partial charge in [0.2, 0.25) is 0 Å². The fourth-order valence-electron chi connectivity index (χ4n) is 2.20. The maximum Gasteiger partial charge on any atom is 0.0652 e. The number of benzene rings is 1. The Labute approximate surface area is 151 Å². The number of allylic oxidation sites excluding steroid dienone is 3. The van der Waals surface area contributed by atoms with Crippen LogP contribution in [-0.2, 0) is 0 Å². The lowest BCUT2D eigenvalue weighted by Crippen LogP contribution is -2.21. The minimum absolute atomic E-state index is 0.474. The minimum Gasteiger partial charge on any atom is -0.319 e. The van der Waals surface area contributed by atoms with E-state index in [9.17, 15) is 0 Å². The van der Waals surface area contributed by atoms with Gasteiger partial charge in [-0.3, -0.25) is 0 Å². The summed E-state index contributed by atoms with van der Waals surface area (Å²) in [6.45, 7) is 9.29. The zero-order valence-corrected chi connectivity index (χ0v) is 15.7. The van der Waals surface area contributed by atoms with Crippen molar-refractivity contribution < 1.29 is 0 Å². The second kappa shape index (κ2) is 11.7. The van der Waals surface area contributed by atoms with E-state index < -0.39 is 0 Å². The van der Waals surface area contributed by atoms with E-state index in [1.54, 1.807) is 0 Å². The Morgan fingerprint density at radius 2 is 2.04 bits per heavy atom. The monoisotopic (exact) mass is 345 g/mol. The number of nitrogens with one attached hydrogen (secondary N) is 1. The lowest BCUT2D eigenvalue weighted by atomic mass is 10.1. The molecule has 0 fully saturated rings. The lowest BCUT2D eigenvalue weighted by molar-refractivity contribution is 0.811. The Bertz CT molecular complexity index is 588. The maximum atomic E-state index is 5.78. The first kappa shape index (κ1) is 20.2. The second-order valence-corrected chi connectivity index (χ2v) is 5.58. The highest BCUT2D eigenvalue weighted by Gasteiger charge is 2.12. The smallest absolute Gasteiger partial charge is 0.0652 e.